The van der Waals surface area contributed by atoms with Crippen molar-refractivity contribution in [1.29, 1.82) is 5.26 Å². The van der Waals surface area contributed by atoms with Gasteiger partial charge in [0.1, 0.15) is 6.07 Å². The summed E-state index contributed by atoms with van der Waals surface area (Å²) in [6.07, 6.45) is 8.11. The van der Waals surface area contributed by atoms with Gasteiger partial charge >= 0.3 is 0 Å². The number of fused-ring (bicyclic) bond motifs is 3. The van der Waals surface area contributed by atoms with Crippen molar-refractivity contribution in [2.75, 3.05) is 49.1 Å². The van der Waals surface area contributed by atoms with E-state index in [1.807, 2.05) is 18.3 Å². The Kier molecular flexibility index (Phi) is 5.56. The fourth-order valence-corrected chi connectivity index (χ4v) is 6.16. The summed E-state index contributed by atoms with van der Waals surface area (Å²) in [7, 11) is 0. The van der Waals surface area contributed by atoms with E-state index in [4.69, 9.17) is 0 Å². The Morgan fingerprint density at radius 1 is 1.06 bits per heavy atom. The predicted octanol–water partition coefficient (Wildman–Crippen LogP) is 2.94. The first-order valence-corrected chi connectivity index (χ1v) is 12.4. The third-order valence-electron chi connectivity index (χ3n) is 7.85. The molecule has 2 saturated heterocycles. The van der Waals surface area contributed by atoms with Crippen molar-refractivity contribution in [3.8, 4) is 6.07 Å². The van der Waals surface area contributed by atoms with Crippen molar-refractivity contribution in [2.45, 2.75) is 38.4 Å². The Bertz CT molecular complexity index is 1250. The second-order valence-corrected chi connectivity index (χ2v) is 9.79. The maximum absolute atomic E-state index is 9.53. The Labute approximate surface area is 201 Å². The Morgan fingerprint density at radius 2 is 2.00 bits per heavy atom. The highest BCUT2D eigenvalue weighted by atomic mass is 15.3. The number of nitrogens with zero attached hydrogens (tertiary/aromatic N) is 6. The first-order valence-electron chi connectivity index (χ1n) is 12.4. The summed E-state index contributed by atoms with van der Waals surface area (Å²) in [5.74, 6) is 0. The Balaban J connectivity index is 1.26. The van der Waals surface area contributed by atoms with E-state index < -0.39 is 0 Å². The monoisotopic (exact) mass is 453 g/mol. The lowest BCUT2D eigenvalue weighted by Gasteiger charge is -2.46. The van der Waals surface area contributed by atoms with Crippen molar-refractivity contribution in [3.63, 3.8) is 0 Å². The summed E-state index contributed by atoms with van der Waals surface area (Å²) < 4.78 is 0. The number of hydrogen-bond donors (Lipinski definition) is 1. The topological polar surface area (TPSA) is 71.3 Å². The molecule has 7 heteroatoms. The third-order valence-corrected chi connectivity index (χ3v) is 7.85. The largest absolute Gasteiger partial charge is 0.369 e. The number of rotatable bonds is 2. The van der Waals surface area contributed by atoms with Gasteiger partial charge in [0.05, 0.1) is 23.0 Å². The second kappa shape index (κ2) is 8.86. The second-order valence-electron chi connectivity index (χ2n) is 9.79. The van der Waals surface area contributed by atoms with Crippen molar-refractivity contribution in [2.24, 2.45) is 0 Å². The van der Waals surface area contributed by atoms with Crippen LogP contribution in [0.15, 0.2) is 42.9 Å². The molecule has 174 valence electrons. The minimum absolute atomic E-state index is 0.466. The smallest absolute Gasteiger partial charge is 0.101 e. The summed E-state index contributed by atoms with van der Waals surface area (Å²) in [6, 6.07) is 11.4. The van der Waals surface area contributed by atoms with Gasteiger partial charge in [0, 0.05) is 74.8 Å². The average molecular weight is 454 g/mol. The summed E-state index contributed by atoms with van der Waals surface area (Å²) in [5.41, 5.74) is 6.83. The van der Waals surface area contributed by atoms with Gasteiger partial charge in [0.2, 0.25) is 0 Å². The highest BCUT2D eigenvalue weighted by Gasteiger charge is 2.35. The number of nitriles is 1. The zero-order chi connectivity index (χ0) is 23.1. The molecule has 0 spiro atoms. The minimum atomic E-state index is 0.466. The highest BCUT2D eigenvalue weighted by molar-refractivity contribution is 5.95. The lowest BCUT2D eigenvalue weighted by Crippen LogP contribution is -2.58. The van der Waals surface area contributed by atoms with Crippen LogP contribution in [0.3, 0.4) is 0 Å². The van der Waals surface area contributed by atoms with Crippen molar-refractivity contribution < 1.29 is 0 Å². The molecule has 0 unspecified atom stereocenters. The standard InChI is InChI=1S/C27H31N7/c1-19-17-33(25-5-4-20(13-28)27-24(25)3-2-8-31-27)18-22-7-10-32(11-12-34(19)22)26-16-30-15-21-14-29-9-6-23(21)26/h2-5,8,15-16,19,22,29H,6-7,9-12,14,17-18H2,1H3/t19-,22+/m1/s1. The molecule has 7 nitrogen and oxygen atoms in total. The van der Waals surface area contributed by atoms with Crippen molar-refractivity contribution in [1.82, 2.24) is 20.2 Å². The van der Waals surface area contributed by atoms with E-state index in [2.05, 4.69) is 61.3 Å². The molecule has 1 N–H and O–H groups in total. The van der Waals surface area contributed by atoms with Crippen LogP contribution >= 0.6 is 0 Å². The van der Waals surface area contributed by atoms with Crippen LogP contribution in [0.2, 0.25) is 0 Å². The number of pyridine rings is 2. The zero-order valence-corrected chi connectivity index (χ0v) is 19.7. The molecule has 6 rings (SSSR count). The van der Waals surface area contributed by atoms with Gasteiger partial charge in [0.25, 0.3) is 0 Å². The van der Waals surface area contributed by atoms with Gasteiger partial charge in [-0.2, -0.15) is 5.26 Å². The molecule has 0 bridgehead atoms. The van der Waals surface area contributed by atoms with Gasteiger partial charge in [-0.25, -0.2) is 0 Å². The van der Waals surface area contributed by atoms with E-state index in [1.54, 1.807) is 6.20 Å². The zero-order valence-electron chi connectivity index (χ0n) is 19.7. The van der Waals surface area contributed by atoms with Gasteiger partial charge in [-0.3, -0.25) is 14.9 Å². The van der Waals surface area contributed by atoms with Crippen LogP contribution in [0, 0.1) is 11.3 Å². The number of nitrogens with one attached hydrogen (secondary N) is 1. The first-order chi connectivity index (χ1) is 16.7. The predicted molar refractivity (Wildman–Crippen MR) is 135 cm³/mol. The summed E-state index contributed by atoms with van der Waals surface area (Å²) >= 11 is 0. The first kappa shape index (κ1) is 21.3. The van der Waals surface area contributed by atoms with Gasteiger partial charge in [-0.05, 0) is 61.7 Å². The van der Waals surface area contributed by atoms with E-state index in [9.17, 15) is 5.26 Å². The fourth-order valence-electron chi connectivity index (χ4n) is 6.16. The molecule has 0 aliphatic carbocycles. The van der Waals surface area contributed by atoms with E-state index >= 15 is 0 Å². The fraction of sp³-hybridized carbons (Fsp3) is 0.444. The van der Waals surface area contributed by atoms with E-state index in [0.717, 1.165) is 69.6 Å². The third kappa shape index (κ3) is 3.67. The van der Waals surface area contributed by atoms with Crippen LogP contribution < -0.4 is 15.1 Å². The normalized spacial score (nSPS) is 23.2. The van der Waals surface area contributed by atoms with Crippen molar-refractivity contribution >= 4 is 22.3 Å². The Hall–Kier alpha value is -3.21. The van der Waals surface area contributed by atoms with E-state index in [1.165, 1.54) is 22.5 Å². The van der Waals surface area contributed by atoms with Gasteiger partial charge in [-0.15, -0.1) is 0 Å². The van der Waals surface area contributed by atoms with E-state index in [0.29, 0.717) is 17.6 Å². The van der Waals surface area contributed by atoms with Crippen LogP contribution in [0.4, 0.5) is 11.4 Å². The van der Waals surface area contributed by atoms with Crippen LogP contribution in [-0.2, 0) is 13.0 Å². The van der Waals surface area contributed by atoms with Gasteiger partial charge < -0.3 is 15.1 Å². The molecule has 2 fully saturated rings. The van der Waals surface area contributed by atoms with E-state index in [-0.39, 0.29) is 0 Å². The van der Waals surface area contributed by atoms with Crippen LogP contribution in [0.25, 0.3) is 10.9 Å². The van der Waals surface area contributed by atoms with Crippen molar-refractivity contribution in [3.05, 3.63) is 59.5 Å². The summed E-state index contributed by atoms with van der Waals surface area (Å²) in [5, 5.41) is 14.1. The molecular weight excluding hydrogens is 422 g/mol. The Morgan fingerprint density at radius 3 is 2.91 bits per heavy atom. The lowest BCUT2D eigenvalue weighted by molar-refractivity contribution is 0.130. The highest BCUT2D eigenvalue weighted by Crippen LogP contribution is 2.33. The number of hydrogen-bond acceptors (Lipinski definition) is 7. The van der Waals surface area contributed by atoms with Crippen LogP contribution in [0.1, 0.15) is 30.0 Å². The lowest BCUT2D eigenvalue weighted by atomic mass is 10.0. The molecule has 3 aliphatic heterocycles. The molecule has 0 amide bonds. The molecule has 34 heavy (non-hydrogen) atoms. The maximum Gasteiger partial charge on any atom is 0.101 e. The molecule has 2 atom stereocenters. The quantitative estimate of drug-likeness (QED) is 0.640. The number of aromatic nitrogens is 2. The SMILES string of the molecule is C[C@@H]1CN(c2ccc(C#N)c3ncccc23)C[C@@H]2CCN(c3cncc4c3CCNC4)CCN21. The number of anilines is 2. The minimum Gasteiger partial charge on any atom is -0.369 e. The van der Waals surface area contributed by atoms with Gasteiger partial charge in [0.15, 0.2) is 0 Å². The summed E-state index contributed by atoms with van der Waals surface area (Å²) in [4.78, 5) is 16.9. The number of benzene rings is 1. The molecule has 3 aromatic rings. The molecule has 5 heterocycles. The molecule has 2 aromatic heterocycles. The number of piperazine rings is 1. The molecule has 3 aliphatic rings. The average Bonchev–Trinajstić information content (AvgIpc) is 3.11. The van der Waals surface area contributed by atoms with Crippen LogP contribution in [-0.4, -0.2) is 66.2 Å². The molecule has 1 aromatic carbocycles. The molecule has 0 saturated carbocycles. The molecule has 0 radical (unpaired) electrons. The summed E-state index contributed by atoms with van der Waals surface area (Å²) in [6.45, 7) is 9.51. The van der Waals surface area contributed by atoms with Gasteiger partial charge in [-0.1, -0.05) is 0 Å². The maximum atomic E-state index is 9.53. The molecular formula is C27H31N7. The van der Waals surface area contributed by atoms with Crippen LogP contribution in [0.5, 0.6) is 0 Å².